The van der Waals surface area contributed by atoms with Crippen LogP contribution in [-0.2, 0) is 6.54 Å². The Kier molecular flexibility index (Phi) is 4.93. The molecule has 2 aromatic heterocycles. The van der Waals surface area contributed by atoms with Gasteiger partial charge in [-0.05, 0) is 44.2 Å². The number of aromatic nitrogens is 3. The summed E-state index contributed by atoms with van der Waals surface area (Å²) in [6, 6.07) is 14.4. The molecule has 3 aromatic rings. The quantitative estimate of drug-likeness (QED) is 0.705. The predicted octanol–water partition coefficient (Wildman–Crippen LogP) is 3.23. The van der Waals surface area contributed by atoms with E-state index in [0.717, 1.165) is 43.1 Å². The zero-order valence-electron chi connectivity index (χ0n) is 15.0. The molecule has 0 bridgehead atoms. The van der Waals surface area contributed by atoms with Crippen molar-refractivity contribution in [3.8, 4) is 11.5 Å². The minimum atomic E-state index is 0.461. The van der Waals surface area contributed by atoms with Gasteiger partial charge in [0.1, 0.15) is 6.26 Å². The van der Waals surface area contributed by atoms with E-state index in [0.29, 0.717) is 11.9 Å². The third-order valence-corrected chi connectivity index (χ3v) is 4.89. The summed E-state index contributed by atoms with van der Waals surface area (Å²) in [5, 5.41) is 8.25. The third kappa shape index (κ3) is 3.75. The lowest BCUT2D eigenvalue weighted by Gasteiger charge is -2.37. The molecule has 0 saturated carbocycles. The van der Waals surface area contributed by atoms with Crippen molar-refractivity contribution in [3.63, 3.8) is 0 Å². The number of hydrogen-bond donors (Lipinski definition) is 0. The standard InChI is InChI=1S/C20H23N5O/c1-24(13-17-15-26-20(22-17)16-7-3-2-4-8-16)18-9-6-12-25(14-18)19-10-5-11-21-23-19/h2-5,7-8,10-11,15,18H,6,9,12-14H2,1H3. The molecule has 4 rings (SSSR count). The van der Waals surface area contributed by atoms with Gasteiger partial charge in [0.05, 0.1) is 5.69 Å². The molecule has 1 aliphatic heterocycles. The fraction of sp³-hybridized carbons (Fsp3) is 0.350. The summed E-state index contributed by atoms with van der Waals surface area (Å²) in [5.74, 6) is 1.64. The van der Waals surface area contributed by atoms with Gasteiger partial charge in [-0.3, -0.25) is 4.90 Å². The summed E-state index contributed by atoms with van der Waals surface area (Å²) < 4.78 is 5.66. The molecule has 3 heterocycles. The maximum Gasteiger partial charge on any atom is 0.226 e. The van der Waals surface area contributed by atoms with Crippen LogP contribution in [0, 0.1) is 0 Å². The topological polar surface area (TPSA) is 58.3 Å². The van der Waals surface area contributed by atoms with Crippen molar-refractivity contribution in [2.45, 2.75) is 25.4 Å². The van der Waals surface area contributed by atoms with E-state index < -0.39 is 0 Å². The molecule has 1 aromatic carbocycles. The van der Waals surface area contributed by atoms with E-state index >= 15 is 0 Å². The SMILES string of the molecule is CN(Cc1coc(-c2ccccc2)n1)C1CCCN(c2cccnn2)C1. The monoisotopic (exact) mass is 349 g/mol. The molecular weight excluding hydrogens is 326 g/mol. The first kappa shape index (κ1) is 16.7. The Morgan fingerprint density at radius 2 is 2.08 bits per heavy atom. The highest BCUT2D eigenvalue weighted by Gasteiger charge is 2.24. The molecule has 6 heteroatoms. The van der Waals surface area contributed by atoms with Crippen LogP contribution in [0.1, 0.15) is 18.5 Å². The Bertz CT molecular complexity index is 820. The van der Waals surface area contributed by atoms with Crippen molar-refractivity contribution in [2.75, 3.05) is 25.0 Å². The predicted molar refractivity (Wildman–Crippen MR) is 101 cm³/mol. The van der Waals surface area contributed by atoms with Crippen molar-refractivity contribution < 1.29 is 4.42 Å². The molecule has 26 heavy (non-hydrogen) atoms. The fourth-order valence-electron chi connectivity index (χ4n) is 3.46. The molecule has 0 radical (unpaired) electrons. The van der Waals surface area contributed by atoms with Crippen LogP contribution >= 0.6 is 0 Å². The van der Waals surface area contributed by atoms with Crippen molar-refractivity contribution >= 4 is 5.82 Å². The van der Waals surface area contributed by atoms with Crippen LogP contribution in [0.25, 0.3) is 11.5 Å². The molecule has 1 saturated heterocycles. The number of rotatable bonds is 5. The minimum absolute atomic E-state index is 0.461. The van der Waals surface area contributed by atoms with Gasteiger partial charge in [0, 0.05) is 37.4 Å². The van der Waals surface area contributed by atoms with E-state index in [4.69, 9.17) is 4.42 Å². The Morgan fingerprint density at radius 3 is 2.88 bits per heavy atom. The largest absolute Gasteiger partial charge is 0.444 e. The summed E-state index contributed by atoms with van der Waals surface area (Å²) in [4.78, 5) is 9.32. The normalized spacial score (nSPS) is 17.6. The van der Waals surface area contributed by atoms with Crippen LogP contribution < -0.4 is 4.90 Å². The maximum absolute atomic E-state index is 5.66. The van der Waals surface area contributed by atoms with E-state index in [1.807, 2.05) is 42.5 Å². The van der Waals surface area contributed by atoms with Crippen LogP contribution in [0.5, 0.6) is 0 Å². The van der Waals surface area contributed by atoms with Crippen molar-refractivity contribution in [3.05, 3.63) is 60.6 Å². The first-order valence-corrected chi connectivity index (χ1v) is 9.02. The molecule has 1 fully saturated rings. The van der Waals surface area contributed by atoms with Crippen LogP contribution in [-0.4, -0.2) is 46.3 Å². The highest BCUT2D eigenvalue weighted by atomic mass is 16.3. The average molecular weight is 349 g/mol. The summed E-state index contributed by atoms with van der Waals surface area (Å²) in [5.41, 5.74) is 1.97. The van der Waals surface area contributed by atoms with Gasteiger partial charge in [0.2, 0.25) is 5.89 Å². The number of piperidine rings is 1. The Balaban J connectivity index is 1.40. The van der Waals surface area contributed by atoms with Gasteiger partial charge in [-0.15, -0.1) is 5.10 Å². The fourth-order valence-corrected chi connectivity index (χ4v) is 3.46. The number of anilines is 1. The van der Waals surface area contributed by atoms with Gasteiger partial charge in [-0.2, -0.15) is 5.10 Å². The number of likely N-dealkylation sites (N-methyl/N-ethyl adjacent to an activating group) is 1. The maximum atomic E-state index is 5.66. The van der Waals surface area contributed by atoms with Gasteiger partial charge < -0.3 is 9.32 Å². The van der Waals surface area contributed by atoms with Crippen molar-refractivity contribution in [1.82, 2.24) is 20.1 Å². The number of benzene rings is 1. The van der Waals surface area contributed by atoms with E-state index in [1.54, 1.807) is 12.5 Å². The van der Waals surface area contributed by atoms with Crippen LogP contribution in [0.4, 0.5) is 5.82 Å². The molecule has 0 amide bonds. The lowest BCUT2D eigenvalue weighted by Crippen LogP contribution is -2.46. The molecule has 1 unspecified atom stereocenters. The van der Waals surface area contributed by atoms with E-state index in [9.17, 15) is 0 Å². The summed E-state index contributed by atoms with van der Waals surface area (Å²) in [7, 11) is 2.15. The van der Waals surface area contributed by atoms with Crippen LogP contribution in [0.3, 0.4) is 0 Å². The molecule has 1 atom stereocenters. The average Bonchev–Trinajstić information content (AvgIpc) is 3.18. The molecule has 0 N–H and O–H groups in total. The third-order valence-electron chi connectivity index (χ3n) is 4.89. The Morgan fingerprint density at radius 1 is 1.19 bits per heavy atom. The highest BCUT2D eigenvalue weighted by molar-refractivity contribution is 5.52. The zero-order valence-corrected chi connectivity index (χ0v) is 15.0. The van der Waals surface area contributed by atoms with E-state index in [1.165, 1.54) is 6.42 Å². The van der Waals surface area contributed by atoms with Crippen molar-refractivity contribution in [2.24, 2.45) is 0 Å². The second-order valence-electron chi connectivity index (χ2n) is 6.75. The molecule has 1 aliphatic rings. The first-order valence-electron chi connectivity index (χ1n) is 9.02. The van der Waals surface area contributed by atoms with Gasteiger partial charge >= 0.3 is 0 Å². The number of hydrogen-bond acceptors (Lipinski definition) is 6. The second-order valence-corrected chi connectivity index (χ2v) is 6.75. The van der Waals surface area contributed by atoms with Gasteiger partial charge in [-0.1, -0.05) is 18.2 Å². The molecule has 6 nitrogen and oxygen atoms in total. The van der Waals surface area contributed by atoms with Crippen LogP contribution in [0.15, 0.2) is 59.3 Å². The van der Waals surface area contributed by atoms with Gasteiger partial charge in [0.15, 0.2) is 5.82 Å². The Hall–Kier alpha value is -2.73. The number of nitrogens with zero attached hydrogens (tertiary/aromatic N) is 5. The second kappa shape index (κ2) is 7.66. The molecule has 134 valence electrons. The van der Waals surface area contributed by atoms with Gasteiger partial charge in [0.25, 0.3) is 0 Å². The first-order chi connectivity index (χ1) is 12.8. The number of oxazole rings is 1. The smallest absolute Gasteiger partial charge is 0.226 e. The summed E-state index contributed by atoms with van der Waals surface area (Å²) in [6.07, 6.45) is 5.81. The summed E-state index contributed by atoms with van der Waals surface area (Å²) in [6.45, 7) is 2.76. The lowest BCUT2D eigenvalue weighted by atomic mass is 10.0. The molecule has 0 aliphatic carbocycles. The van der Waals surface area contributed by atoms with E-state index in [2.05, 4.69) is 32.0 Å². The van der Waals surface area contributed by atoms with Crippen molar-refractivity contribution in [1.29, 1.82) is 0 Å². The summed E-state index contributed by atoms with van der Waals surface area (Å²) >= 11 is 0. The lowest BCUT2D eigenvalue weighted by molar-refractivity contribution is 0.205. The van der Waals surface area contributed by atoms with Crippen LogP contribution in [0.2, 0.25) is 0 Å². The van der Waals surface area contributed by atoms with E-state index in [-0.39, 0.29) is 0 Å². The highest BCUT2D eigenvalue weighted by Crippen LogP contribution is 2.22. The minimum Gasteiger partial charge on any atom is -0.444 e. The molecule has 0 spiro atoms. The van der Waals surface area contributed by atoms with Gasteiger partial charge in [-0.25, -0.2) is 4.98 Å². The molecular formula is C20H23N5O. The zero-order chi connectivity index (χ0) is 17.8. The Labute approximate surface area is 153 Å².